The molecule has 0 aromatic heterocycles. The van der Waals surface area contributed by atoms with Crippen LogP contribution in [-0.4, -0.2) is 29.2 Å². The van der Waals surface area contributed by atoms with E-state index in [9.17, 15) is 18.8 Å². The van der Waals surface area contributed by atoms with Gasteiger partial charge in [0.2, 0.25) is 5.91 Å². The third-order valence-corrected chi connectivity index (χ3v) is 3.88. The molecular weight excluding hydrogens is 335 g/mol. The predicted molar refractivity (Wildman–Crippen MR) is 86.5 cm³/mol. The molecule has 0 saturated carbocycles. The van der Waals surface area contributed by atoms with Crippen molar-refractivity contribution in [1.82, 2.24) is 4.90 Å². The van der Waals surface area contributed by atoms with Crippen LogP contribution in [0.3, 0.4) is 0 Å². The quantitative estimate of drug-likeness (QED) is 0.865. The van der Waals surface area contributed by atoms with Gasteiger partial charge < -0.3 is 5.32 Å². The monoisotopic (exact) mass is 346 g/mol. The number of imide groups is 1. The topological polar surface area (TPSA) is 66.5 Å². The zero-order valence-electron chi connectivity index (χ0n) is 12.4. The molecule has 0 spiro atoms. The second kappa shape index (κ2) is 6.41. The van der Waals surface area contributed by atoms with Gasteiger partial charge in [-0.25, -0.2) is 4.39 Å². The Morgan fingerprint density at radius 1 is 1.08 bits per heavy atom. The van der Waals surface area contributed by atoms with E-state index in [2.05, 4.69) is 5.32 Å². The van der Waals surface area contributed by atoms with Crippen LogP contribution in [0.4, 0.5) is 10.1 Å². The van der Waals surface area contributed by atoms with Crippen molar-refractivity contribution in [3.05, 3.63) is 64.4 Å². The highest BCUT2D eigenvalue weighted by atomic mass is 35.5. The van der Waals surface area contributed by atoms with Gasteiger partial charge in [-0.05, 0) is 30.3 Å². The van der Waals surface area contributed by atoms with Crippen LogP contribution in [0.2, 0.25) is 5.02 Å². The Bertz CT molecular complexity index is 853. The summed E-state index contributed by atoms with van der Waals surface area (Å²) in [5.74, 6) is -2.00. The van der Waals surface area contributed by atoms with Crippen molar-refractivity contribution in [2.24, 2.45) is 0 Å². The average molecular weight is 347 g/mol. The highest BCUT2D eigenvalue weighted by Gasteiger charge is 2.35. The van der Waals surface area contributed by atoms with Crippen LogP contribution in [0, 0.1) is 5.82 Å². The minimum atomic E-state index is -0.554. The molecular formula is C17H12ClFN2O3. The number of para-hydroxylation sites is 1. The molecule has 122 valence electrons. The number of amides is 3. The summed E-state index contributed by atoms with van der Waals surface area (Å²) in [6.45, 7) is -0.0930. The van der Waals surface area contributed by atoms with Crippen molar-refractivity contribution in [2.45, 2.75) is 6.42 Å². The van der Waals surface area contributed by atoms with Crippen molar-refractivity contribution in [2.75, 3.05) is 11.9 Å². The summed E-state index contributed by atoms with van der Waals surface area (Å²) in [6.07, 6.45) is -0.131. The fraction of sp³-hybridized carbons (Fsp3) is 0.118. The van der Waals surface area contributed by atoms with Gasteiger partial charge >= 0.3 is 0 Å². The third kappa shape index (κ3) is 3.00. The molecule has 0 unspecified atom stereocenters. The Morgan fingerprint density at radius 2 is 1.79 bits per heavy atom. The minimum absolute atomic E-state index is 0.0524. The normalized spacial score (nSPS) is 13.2. The second-order valence-electron chi connectivity index (χ2n) is 5.23. The fourth-order valence-corrected chi connectivity index (χ4v) is 2.63. The molecule has 0 bridgehead atoms. The number of nitrogens with one attached hydrogen (secondary N) is 1. The maximum absolute atomic E-state index is 13.5. The molecule has 3 rings (SSSR count). The smallest absolute Gasteiger partial charge is 0.261 e. The number of halogens is 2. The number of hydrogen-bond acceptors (Lipinski definition) is 3. The summed E-state index contributed by atoms with van der Waals surface area (Å²) in [5, 5.41) is 2.77. The minimum Gasteiger partial charge on any atom is -0.324 e. The molecule has 0 atom stereocenters. The number of nitrogens with zero attached hydrogens (tertiary/aromatic N) is 1. The van der Waals surface area contributed by atoms with E-state index in [0.29, 0.717) is 5.02 Å². The van der Waals surface area contributed by atoms with Crippen LogP contribution < -0.4 is 5.32 Å². The Labute approximate surface area is 142 Å². The third-order valence-electron chi connectivity index (χ3n) is 3.64. The van der Waals surface area contributed by atoms with Crippen LogP contribution in [0.5, 0.6) is 0 Å². The van der Waals surface area contributed by atoms with Crippen molar-refractivity contribution >= 4 is 35.0 Å². The van der Waals surface area contributed by atoms with Gasteiger partial charge in [0.15, 0.2) is 0 Å². The number of fused-ring (bicyclic) bond motifs is 1. The first-order valence-electron chi connectivity index (χ1n) is 7.17. The summed E-state index contributed by atoms with van der Waals surface area (Å²) < 4.78 is 13.5. The molecule has 2 aromatic rings. The summed E-state index contributed by atoms with van der Waals surface area (Å²) in [7, 11) is 0. The predicted octanol–water partition coefficient (Wildman–Crippen LogP) is 3.10. The van der Waals surface area contributed by atoms with Gasteiger partial charge in [-0.2, -0.15) is 0 Å². The molecule has 1 aliphatic heterocycles. The molecule has 1 N–H and O–H groups in total. The second-order valence-corrected chi connectivity index (χ2v) is 5.67. The molecule has 0 saturated heterocycles. The van der Waals surface area contributed by atoms with E-state index in [4.69, 9.17) is 11.6 Å². The Balaban J connectivity index is 1.65. The molecule has 0 fully saturated rings. The van der Waals surface area contributed by atoms with E-state index in [0.717, 1.165) is 4.90 Å². The fourth-order valence-electron chi connectivity index (χ4n) is 2.45. The maximum atomic E-state index is 13.5. The first-order chi connectivity index (χ1) is 11.5. The highest BCUT2D eigenvalue weighted by molar-refractivity contribution is 6.32. The number of hydrogen-bond donors (Lipinski definition) is 1. The van der Waals surface area contributed by atoms with Crippen LogP contribution in [0.1, 0.15) is 27.1 Å². The van der Waals surface area contributed by atoms with Gasteiger partial charge in [0.05, 0.1) is 16.8 Å². The highest BCUT2D eigenvalue weighted by Crippen LogP contribution is 2.26. The number of carbonyl (C=O) groups excluding carboxylic acids is 3. The Kier molecular flexibility index (Phi) is 4.31. The number of rotatable bonds is 4. The van der Waals surface area contributed by atoms with E-state index < -0.39 is 23.5 Å². The van der Waals surface area contributed by atoms with Gasteiger partial charge in [-0.3, -0.25) is 19.3 Å². The molecule has 24 heavy (non-hydrogen) atoms. The van der Waals surface area contributed by atoms with Crippen LogP contribution in [0.15, 0.2) is 42.5 Å². The van der Waals surface area contributed by atoms with Gasteiger partial charge in [0.25, 0.3) is 11.8 Å². The number of benzene rings is 2. The first-order valence-corrected chi connectivity index (χ1v) is 7.55. The molecule has 0 aliphatic carbocycles. The number of carbonyl (C=O) groups is 3. The first kappa shape index (κ1) is 16.1. The average Bonchev–Trinajstić information content (AvgIpc) is 2.78. The summed E-state index contributed by atoms with van der Waals surface area (Å²) in [4.78, 5) is 37.4. The zero-order chi connectivity index (χ0) is 17.3. The Hall–Kier alpha value is -2.73. The van der Waals surface area contributed by atoms with Crippen molar-refractivity contribution in [1.29, 1.82) is 0 Å². The van der Waals surface area contributed by atoms with Gasteiger partial charge in [0.1, 0.15) is 5.82 Å². The van der Waals surface area contributed by atoms with E-state index in [-0.39, 0.29) is 29.8 Å². The van der Waals surface area contributed by atoms with E-state index in [1.54, 1.807) is 6.07 Å². The lowest BCUT2D eigenvalue weighted by Gasteiger charge is -2.13. The van der Waals surface area contributed by atoms with Crippen molar-refractivity contribution in [3.8, 4) is 0 Å². The van der Waals surface area contributed by atoms with Crippen LogP contribution in [0.25, 0.3) is 0 Å². The molecule has 0 radical (unpaired) electrons. The maximum Gasteiger partial charge on any atom is 0.261 e. The lowest BCUT2D eigenvalue weighted by molar-refractivity contribution is -0.116. The summed E-state index contributed by atoms with van der Waals surface area (Å²) >= 11 is 5.84. The lowest BCUT2D eigenvalue weighted by Crippen LogP contribution is -2.32. The van der Waals surface area contributed by atoms with E-state index in [1.807, 2.05) is 0 Å². The van der Waals surface area contributed by atoms with E-state index >= 15 is 0 Å². The standard InChI is InChI=1S/C17H12ClFN2O3/c18-10-5-6-11-12(9-10)17(24)21(16(11)23)8-7-15(22)20-14-4-2-1-3-13(14)19/h1-6,9H,7-8H2,(H,20,22). The lowest BCUT2D eigenvalue weighted by atomic mass is 10.1. The largest absolute Gasteiger partial charge is 0.324 e. The number of anilines is 1. The summed E-state index contributed by atoms with van der Waals surface area (Å²) in [5.41, 5.74) is 0.539. The molecule has 1 heterocycles. The van der Waals surface area contributed by atoms with Crippen LogP contribution >= 0.6 is 11.6 Å². The Morgan fingerprint density at radius 3 is 2.54 bits per heavy atom. The van der Waals surface area contributed by atoms with Crippen molar-refractivity contribution in [3.63, 3.8) is 0 Å². The van der Waals surface area contributed by atoms with Crippen molar-refractivity contribution < 1.29 is 18.8 Å². The van der Waals surface area contributed by atoms with Gasteiger partial charge in [0, 0.05) is 18.0 Å². The molecule has 1 aliphatic rings. The summed E-state index contributed by atoms with van der Waals surface area (Å²) in [6, 6.07) is 10.2. The van der Waals surface area contributed by atoms with E-state index in [1.165, 1.54) is 36.4 Å². The molecule has 7 heteroatoms. The molecule has 5 nitrogen and oxygen atoms in total. The van der Waals surface area contributed by atoms with Gasteiger partial charge in [-0.15, -0.1) is 0 Å². The molecule has 2 aromatic carbocycles. The molecule has 3 amide bonds. The zero-order valence-corrected chi connectivity index (χ0v) is 13.1. The SMILES string of the molecule is O=C(CCN1C(=O)c2ccc(Cl)cc2C1=O)Nc1ccccc1F. The van der Waals surface area contributed by atoms with Gasteiger partial charge in [-0.1, -0.05) is 23.7 Å². The van der Waals surface area contributed by atoms with Crippen LogP contribution in [-0.2, 0) is 4.79 Å².